The summed E-state index contributed by atoms with van der Waals surface area (Å²) in [7, 11) is -2.88. The van der Waals surface area contributed by atoms with Crippen LogP contribution in [0.3, 0.4) is 0 Å². The molecule has 0 radical (unpaired) electrons. The Balaban J connectivity index is 2.03. The van der Waals surface area contributed by atoms with E-state index in [0.29, 0.717) is 5.69 Å². The van der Waals surface area contributed by atoms with Gasteiger partial charge in [-0.2, -0.15) is 17.5 Å². The molecule has 2 N–H and O–H groups in total. The predicted octanol–water partition coefficient (Wildman–Crippen LogP) is 1.94. The molecule has 0 fully saturated rings. The molecule has 162 valence electrons. The molecule has 0 atom stereocenters. The van der Waals surface area contributed by atoms with E-state index in [1.807, 2.05) is 0 Å². The summed E-state index contributed by atoms with van der Waals surface area (Å²) in [4.78, 5) is 27.7. The Bertz CT molecular complexity index is 1020. The highest BCUT2D eigenvalue weighted by Crippen LogP contribution is 2.16. The summed E-state index contributed by atoms with van der Waals surface area (Å²) < 4.78 is 62.5. The summed E-state index contributed by atoms with van der Waals surface area (Å²) in [5.41, 5.74) is 0.539. The molecule has 2 amide bonds. The Kier molecular flexibility index (Phi) is 7.16. The van der Waals surface area contributed by atoms with Crippen LogP contribution in [0.2, 0.25) is 0 Å². The standard InChI is InChI=1S/C18H19F3N4O4S/c1-12-4-3-5-15(23-12)24-16(26)10-25(2)30(28,29)14-8-6-13(7-9-14)17(27)22-11-18(19,20)21/h3-9H,10-11H2,1-2H3,(H,22,27)(H,23,24,26). The molecule has 0 aliphatic carbocycles. The maximum Gasteiger partial charge on any atom is 0.405 e. The van der Waals surface area contributed by atoms with Gasteiger partial charge < -0.3 is 10.6 Å². The molecule has 0 aliphatic rings. The quantitative estimate of drug-likeness (QED) is 0.679. The first-order chi connectivity index (χ1) is 13.9. The lowest BCUT2D eigenvalue weighted by Crippen LogP contribution is -2.35. The Hall–Kier alpha value is -2.99. The second kappa shape index (κ2) is 9.22. The molecule has 0 saturated carbocycles. The first kappa shape index (κ1) is 23.3. The van der Waals surface area contributed by atoms with E-state index in [1.54, 1.807) is 30.4 Å². The number of anilines is 1. The number of rotatable bonds is 7. The number of hydrogen-bond acceptors (Lipinski definition) is 5. The van der Waals surface area contributed by atoms with Crippen LogP contribution >= 0.6 is 0 Å². The number of amides is 2. The van der Waals surface area contributed by atoms with Crippen molar-refractivity contribution in [1.82, 2.24) is 14.6 Å². The van der Waals surface area contributed by atoms with Gasteiger partial charge in [0.25, 0.3) is 5.91 Å². The normalized spacial score (nSPS) is 11.9. The molecule has 1 heterocycles. The molecular formula is C18H19F3N4O4S. The predicted molar refractivity (Wildman–Crippen MR) is 102 cm³/mol. The van der Waals surface area contributed by atoms with Crippen LogP contribution in [0, 0.1) is 6.92 Å². The first-order valence-corrected chi connectivity index (χ1v) is 9.97. The zero-order valence-corrected chi connectivity index (χ0v) is 16.8. The van der Waals surface area contributed by atoms with Crippen LogP contribution in [0.15, 0.2) is 47.4 Å². The molecule has 0 unspecified atom stereocenters. The highest BCUT2D eigenvalue weighted by molar-refractivity contribution is 7.89. The number of sulfonamides is 1. The van der Waals surface area contributed by atoms with E-state index in [4.69, 9.17) is 0 Å². The molecule has 12 heteroatoms. The number of pyridine rings is 1. The number of carbonyl (C=O) groups excluding carboxylic acids is 2. The molecule has 0 saturated heterocycles. The lowest BCUT2D eigenvalue weighted by Gasteiger charge is -2.17. The summed E-state index contributed by atoms with van der Waals surface area (Å²) in [6.45, 7) is -0.259. The van der Waals surface area contributed by atoms with Crippen LogP contribution in [0.25, 0.3) is 0 Å². The van der Waals surface area contributed by atoms with Crippen molar-refractivity contribution in [1.29, 1.82) is 0 Å². The second-order valence-corrected chi connectivity index (χ2v) is 8.34. The summed E-state index contributed by atoms with van der Waals surface area (Å²) in [5.74, 6) is -1.32. The number of hydrogen-bond donors (Lipinski definition) is 2. The number of nitrogens with zero attached hydrogens (tertiary/aromatic N) is 2. The van der Waals surface area contributed by atoms with Gasteiger partial charge in [-0.1, -0.05) is 6.07 Å². The van der Waals surface area contributed by atoms with Crippen molar-refractivity contribution in [3.8, 4) is 0 Å². The van der Waals surface area contributed by atoms with Crippen LogP contribution in [-0.2, 0) is 14.8 Å². The summed E-state index contributed by atoms with van der Waals surface area (Å²) in [5, 5.41) is 4.18. The number of aromatic nitrogens is 1. The molecule has 2 aromatic rings. The van der Waals surface area contributed by atoms with Crippen LogP contribution in [0.4, 0.5) is 19.0 Å². The maximum atomic E-state index is 12.6. The summed E-state index contributed by atoms with van der Waals surface area (Å²) >= 11 is 0. The number of likely N-dealkylation sites (N-methyl/N-ethyl adjacent to an activating group) is 1. The lowest BCUT2D eigenvalue weighted by molar-refractivity contribution is -0.123. The van der Waals surface area contributed by atoms with Crippen molar-refractivity contribution >= 4 is 27.7 Å². The Morgan fingerprint density at radius 2 is 1.73 bits per heavy atom. The molecule has 30 heavy (non-hydrogen) atoms. The lowest BCUT2D eigenvalue weighted by atomic mass is 10.2. The minimum absolute atomic E-state index is 0.135. The highest BCUT2D eigenvalue weighted by Gasteiger charge is 2.28. The third-order valence-electron chi connectivity index (χ3n) is 3.80. The van der Waals surface area contributed by atoms with Crippen molar-refractivity contribution in [3.05, 3.63) is 53.7 Å². The number of aryl methyl sites for hydroxylation is 1. The van der Waals surface area contributed by atoms with Crippen molar-refractivity contribution in [2.24, 2.45) is 0 Å². The average Bonchev–Trinajstić information content (AvgIpc) is 2.65. The molecule has 1 aromatic carbocycles. The third kappa shape index (κ3) is 6.52. The zero-order chi connectivity index (χ0) is 22.5. The van der Waals surface area contributed by atoms with Crippen molar-refractivity contribution < 1.29 is 31.2 Å². The van der Waals surface area contributed by atoms with Gasteiger partial charge in [-0.05, 0) is 43.3 Å². The summed E-state index contributed by atoms with van der Waals surface area (Å²) in [6.07, 6.45) is -4.56. The molecule has 0 bridgehead atoms. The second-order valence-electron chi connectivity index (χ2n) is 6.30. The van der Waals surface area contributed by atoms with Gasteiger partial charge in [0.1, 0.15) is 12.4 Å². The van der Waals surface area contributed by atoms with E-state index < -0.39 is 41.1 Å². The van der Waals surface area contributed by atoms with E-state index in [0.717, 1.165) is 28.6 Å². The van der Waals surface area contributed by atoms with E-state index >= 15 is 0 Å². The van der Waals surface area contributed by atoms with Crippen molar-refractivity contribution in [2.45, 2.75) is 18.0 Å². The van der Waals surface area contributed by atoms with Gasteiger partial charge in [-0.3, -0.25) is 9.59 Å². The summed E-state index contributed by atoms with van der Waals surface area (Å²) in [6, 6.07) is 9.31. The van der Waals surface area contributed by atoms with E-state index in [-0.39, 0.29) is 16.3 Å². The van der Waals surface area contributed by atoms with Crippen LogP contribution in [0.1, 0.15) is 16.1 Å². The fourth-order valence-electron chi connectivity index (χ4n) is 2.32. The van der Waals surface area contributed by atoms with Gasteiger partial charge in [-0.15, -0.1) is 0 Å². The van der Waals surface area contributed by atoms with Gasteiger partial charge in [0.15, 0.2) is 0 Å². The van der Waals surface area contributed by atoms with Crippen molar-refractivity contribution in [3.63, 3.8) is 0 Å². The topological polar surface area (TPSA) is 108 Å². The molecule has 1 aromatic heterocycles. The SMILES string of the molecule is Cc1cccc(NC(=O)CN(C)S(=O)(=O)c2ccc(C(=O)NCC(F)(F)F)cc2)n1. The minimum Gasteiger partial charge on any atom is -0.343 e. The number of carbonyl (C=O) groups is 2. The van der Waals surface area contributed by atoms with Gasteiger partial charge in [0.05, 0.1) is 11.4 Å². The van der Waals surface area contributed by atoms with Crippen LogP contribution in [-0.4, -0.2) is 55.8 Å². The van der Waals surface area contributed by atoms with Gasteiger partial charge in [0.2, 0.25) is 15.9 Å². The van der Waals surface area contributed by atoms with Gasteiger partial charge in [0, 0.05) is 18.3 Å². The van der Waals surface area contributed by atoms with E-state index in [2.05, 4.69) is 10.3 Å². The number of halogens is 3. The fraction of sp³-hybridized carbons (Fsp3) is 0.278. The van der Waals surface area contributed by atoms with E-state index in [1.165, 1.54) is 7.05 Å². The smallest absolute Gasteiger partial charge is 0.343 e. The molecule has 0 spiro atoms. The molecule has 8 nitrogen and oxygen atoms in total. The Labute approximate surface area is 171 Å². The van der Waals surface area contributed by atoms with Crippen molar-refractivity contribution in [2.75, 3.05) is 25.5 Å². The average molecular weight is 444 g/mol. The Morgan fingerprint density at radius 1 is 1.10 bits per heavy atom. The number of benzene rings is 1. The zero-order valence-electron chi connectivity index (χ0n) is 16.0. The minimum atomic E-state index is -4.56. The van der Waals surface area contributed by atoms with Crippen LogP contribution in [0.5, 0.6) is 0 Å². The van der Waals surface area contributed by atoms with Gasteiger partial charge in [-0.25, -0.2) is 13.4 Å². The maximum absolute atomic E-state index is 12.6. The largest absolute Gasteiger partial charge is 0.405 e. The Morgan fingerprint density at radius 3 is 2.30 bits per heavy atom. The number of alkyl halides is 3. The molecule has 2 rings (SSSR count). The molecule has 0 aliphatic heterocycles. The van der Waals surface area contributed by atoms with Gasteiger partial charge >= 0.3 is 6.18 Å². The fourth-order valence-corrected chi connectivity index (χ4v) is 3.45. The molecular weight excluding hydrogens is 425 g/mol. The number of nitrogens with one attached hydrogen (secondary N) is 2. The van der Waals surface area contributed by atoms with E-state index in [9.17, 15) is 31.2 Å². The van der Waals surface area contributed by atoms with Crippen LogP contribution < -0.4 is 10.6 Å². The highest BCUT2D eigenvalue weighted by atomic mass is 32.2. The third-order valence-corrected chi connectivity index (χ3v) is 5.61. The monoisotopic (exact) mass is 444 g/mol. The first-order valence-electron chi connectivity index (χ1n) is 8.53.